The first-order chi connectivity index (χ1) is 20.4. The molecule has 0 aromatic heterocycles. The van der Waals surface area contributed by atoms with E-state index in [4.69, 9.17) is 10.5 Å². The van der Waals surface area contributed by atoms with Gasteiger partial charge in [-0.05, 0) is 101 Å². The average molecular weight is 606 g/mol. The van der Waals surface area contributed by atoms with Crippen LogP contribution in [0.3, 0.4) is 0 Å². The van der Waals surface area contributed by atoms with Crippen molar-refractivity contribution in [3.63, 3.8) is 0 Å². The van der Waals surface area contributed by atoms with Crippen molar-refractivity contribution in [3.8, 4) is 0 Å². The second-order valence-electron chi connectivity index (χ2n) is 11.6. The molecule has 0 aliphatic carbocycles. The monoisotopic (exact) mass is 605 g/mol. The lowest BCUT2D eigenvalue weighted by Gasteiger charge is -2.29. The molecule has 234 valence electrons. The highest BCUT2D eigenvalue weighted by Gasteiger charge is 2.37. The van der Waals surface area contributed by atoms with Crippen molar-refractivity contribution < 1.29 is 28.2 Å². The normalized spacial score (nSPS) is 14.2. The molecule has 2 rings (SSSR count). The fourth-order valence-corrected chi connectivity index (χ4v) is 4.57. The first kappa shape index (κ1) is 35.4. The minimum Gasteiger partial charge on any atom is -0.481 e. The zero-order chi connectivity index (χ0) is 33.4. The summed E-state index contributed by atoms with van der Waals surface area (Å²) in [4.78, 5) is 28.5. The second kappa shape index (κ2) is 14.6. The quantitative estimate of drug-likeness (QED) is 0.0822. The van der Waals surface area contributed by atoms with Gasteiger partial charge in [0.15, 0.2) is 0 Å². The highest BCUT2D eigenvalue weighted by Crippen LogP contribution is 2.39. The van der Waals surface area contributed by atoms with Gasteiger partial charge in [0.2, 0.25) is 0 Å². The Labute approximate surface area is 258 Å². The number of halogens is 2. The predicted octanol–water partition coefficient (Wildman–Crippen LogP) is 7.94. The van der Waals surface area contributed by atoms with E-state index in [-0.39, 0.29) is 35.9 Å². The Balaban J connectivity index is 2.43. The van der Waals surface area contributed by atoms with Crippen molar-refractivity contribution in [1.82, 2.24) is 0 Å². The van der Waals surface area contributed by atoms with Crippen LogP contribution in [0.1, 0.15) is 59.1 Å². The van der Waals surface area contributed by atoms with Crippen LogP contribution in [0, 0.1) is 22.5 Å². The van der Waals surface area contributed by atoms with E-state index in [2.05, 4.69) is 30.0 Å². The number of ether oxygens (including phenoxy) is 1. The maximum atomic E-state index is 14.2. The highest BCUT2D eigenvalue weighted by atomic mass is 19.1. The number of nitrogens with one attached hydrogen (secondary N) is 1. The summed E-state index contributed by atoms with van der Waals surface area (Å²) in [5, 5.41) is 12.5. The molecule has 0 spiro atoms. The van der Waals surface area contributed by atoms with Gasteiger partial charge >= 0.3 is 5.97 Å². The van der Waals surface area contributed by atoms with E-state index in [1.54, 1.807) is 59.7 Å². The van der Waals surface area contributed by atoms with Gasteiger partial charge in [-0.15, -0.1) is 0 Å². The number of carboxylic acid groups (broad SMARTS) is 1. The summed E-state index contributed by atoms with van der Waals surface area (Å²) >= 11 is 0. The van der Waals surface area contributed by atoms with Crippen molar-refractivity contribution in [1.29, 1.82) is 0 Å². The summed E-state index contributed by atoms with van der Waals surface area (Å²) in [5.74, 6) is -1.80. The number of nitrogens with zero attached hydrogens (tertiary/aromatic N) is 1. The molecule has 9 heteroatoms. The van der Waals surface area contributed by atoms with Gasteiger partial charge in [0, 0.05) is 29.1 Å². The molecule has 0 radical (unpaired) electrons. The number of carbonyl (C=O) groups excluding carboxylic acids is 1. The molecule has 0 saturated carbocycles. The van der Waals surface area contributed by atoms with E-state index in [1.165, 1.54) is 30.5 Å². The Bertz CT molecular complexity index is 1570. The van der Waals surface area contributed by atoms with Crippen molar-refractivity contribution >= 4 is 29.2 Å². The Morgan fingerprint density at radius 2 is 1.70 bits per heavy atom. The van der Waals surface area contributed by atoms with Gasteiger partial charge in [0.25, 0.3) is 0 Å². The number of aliphatic carboxylic acids is 1. The minimum absolute atomic E-state index is 0.0282. The summed E-state index contributed by atoms with van der Waals surface area (Å²) in [6.07, 6.45) is 2.21. The summed E-state index contributed by atoms with van der Waals surface area (Å²) in [6.45, 7) is 22.1. The summed E-state index contributed by atoms with van der Waals surface area (Å²) in [6, 6.07) is 10.2. The third-order valence-electron chi connectivity index (χ3n) is 7.12. The van der Waals surface area contributed by atoms with Gasteiger partial charge in [-0.2, -0.15) is 0 Å². The first-order valence-electron chi connectivity index (χ1n) is 13.8. The first-order valence-corrected chi connectivity index (χ1v) is 13.8. The molecule has 0 amide bonds. The van der Waals surface area contributed by atoms with Crippen LogP contribution in [0.25, 0.3) is 5.57 Å². The molecule has 0 aliphatic heterocycles. The van der Waals surface area contributed by atoms with E-state index in [1.807, 2.05) is 0 Å². The Morgan fingerprint density at radius 3 is 2.27 bits per heavy atom. The lowest BCUT2D eigenvalue weighted by atomic mass is 9.78. The number of allylic oxidation sites excluding steroid dienone is 4. The SMILES string of the molecule is C=C(C)/C(=C(N)\N=C(/C)C(=C)c1ccc(F)cc1NCc1cccc(F)c1)C(C)(C=O)C(=C)O/C=C(\C)CC(C)(C)C(=O)O. The van der Waals surface area contributed by atoms with Crippen LogP contribution in [0.5, 0.6) is 0 Å². The molecule has 0 aliphatic rings. The largest absolute Gasteiger partial charge is 0.481 e. The van der Waals surface area contributed by atoms with E-state index in [0.717, 1.165) is 0 Å². The molecule has 7 nitrogen and oxygen atoms in total. The lowest BCUT2D eigenvalue weighted by molar-refractivity contribution is -0.146. The van der Waals surface area contributed by atoms with Crippen molar-refractivity contribution in [2.45, 2.75) is 54.5 Å². The fourth-order valence-electron chi connectivity index (χ4n) is 4.57. The minimum atomic E-state index is -1.46. The van der Waals surface area contributed by atoms with Crippen molar-refractivity contribution in [2.24, 2.45) is 21.6 Å². The van der Waals surface area contributed by atoms with Gasteiger partial charge in [0.1, 0.15) is 34.9 Å². The number of carbonyl (C=O) groups is 2. The van der Waals surface area contributed by atoms with Crippen LogP contribution in [-0.4, -0.2) is 23.1 Å². The third kappa shape index (κ3) is 8.86. The molecular formula is C35H41F2N3O4. The molecular weight excluding hydrogens is 564 g/mol. The molecule has 0 bridgehead atoms. The number of benzene rings is 2. The van der Waals surface area contributed by atoms with Crippen LogP contribution in [0.15, 0.2) is 102 Å². The van der Waals surface area contributed by atoms with Gasteiger partial charge in [-0.1, -0.05) is 31.9 Å². The van der Waals surface area contributed by atoms with Crippen LogP contribution in [-0.2, 0) is 20.9 Å². The number of nitrogens with two attached hydrogens (primary N) is 1. The second-order valence-corrected chi connectivity index (χ2v) is 11.6. The summed E-state index contributed by atoms with van der Waals surface area (Å²) < 4.78 is 33.6. The molecule has 2 aromatic carbocycles. The topological polar surface area (TPSA) is 114 Å². The Kier molecular flexibility index (Phi) is 11.7. The van der Waals surface area contributed by atoms with E-state index < -0.39 is 22.6 Å². The van der Waals surface area contributed by atoms with Crippen LogP contribution in [0.4, 0.5) is 14.5 Å². The number of anilines is 1. The molecule has 4 N–H and O–H groups in total. The number of aliphatic imine (C=N–C) groups is 1. The molecule has 0 fully saturated rings. The number of aldehydes is 1. The molecule has 2 aromatic rings. The van der Waals surface area contributed by atoms with E-state index >= 15 is 0 Å². The van der Waals surface area contributed by atoms with Gasteiger partial charge in [-0.3, -0.25) is 4.79 Å². The maximum Gasteiger partial charge on any atom is 0.309 e. The van der Waals surface area contributed by atoms with Crippen molar-refractivity contribution in [2.75, 3.05) is 5.32 Å². The summed E-state index contributed by atoms with van der Waals surface area (Å²) in [7, 11) is 0. The molecule has 0 heterocycles. The Hall–Kier alpha value is -4.79. The molecule has 1 unspecified atom stereocenters. The zero-order valence-electron chi connectivity index (χ0n) is 26.2. The number of carboxylic acids is 1. The predicted molar refractivity (Wildman–Crippen MR) is 172 cm³/mol. The number of hydrogen-bond donors (Lipinski definition) is 3. The van der Waals surface area contributed by atoms with Crippen LogP contribution in [0.2, 0.25) is 0 Å². The lowest BCUT2D eigenvalue weighted by Crippen LogP contribution is -2.28. The third-order valence-corrected chi connectivity index (χ3v) is 7.12. The smallest absolute Gasteiger partial charge is 0.309 e. The number of hydrogen-bond acceptors (Lipinski definition) is 6. The van der Waals surface area contributed by atoms with Crippen LogP contribution >= 0.6 is 0 Å². The number of rotatable bonds is 15. The van der Waals surface area contributed by atoms with Gasteiger partial charge in [-0.25, -0.2) is 13.8 Å². The fraction of sp³-hybridized carbons (Fsp3) is 0.286. The van der Waals surface area contributed by atoms with E-state index in [9.17, 15) is 23.5 Å². The Morgan fingerprint density at radius 1 is 1.07 bits per heavy atom. The van der Waals surface area contributed by atoms with Crippen LogP contribution < -0.4 is 11.1 Å². The van der Waals surface area contributed by atoms with E-state index in [0.29, 0.717) is 45.5 Å². The van der Waals surface area contributed by atoms with Gasteiger partial charge < -0.3 is 25.7 Å². The van der Waals surface area contributed by atoms with Crippen molar-refractivity contribution in [3.05, 3.63) is 120 Å². The maximum absolute atomic E-state index is 14.2. The molecule has 0 saturated heterocycles. The molecule has 44 heavy (non-hydrogen) atoms. The summed E-state index contributed by atoms with van der Waals surface area (Å²) in [5.41, 5.74) is 7.77. The zero-order valence-corrected chi connectivity index (χ0v) is 26.2. The highest BCUT2D eigenvalue weighted by molar-refractivity contribution is 6.23. The standard InChI is InChI=1S/C35H41F2N3O4/c1-21(2)31(35(9,20-41)25(6)44-19-22(3)17-34(7,8)33(42)43)32(38)40-24(5)23(4)29-14-13-28(37)16-30(29)39-18-26-11-10-12-27(36)15-26/h10-16,19-20,39H,1,4,6,17-18,38H2,2-3,5,7-9H3,(H,42,43)/b22-19+,32-31+,40-24+. The van der Waals surface area contributed by atoms with Gasteiger partial charge in [0.05, 0.1) is 11.7 Å². The average Bonchev–Trinajstić information content (AvgIpc) is 2.93. The molecule has 1 atom stereocenters.